The molecule has 0 unspecified atom stereocenters. The fourth-order valence-electron chi connectivity index (χ4n) is 1.36. The van der Waals surface area contributed by atoms with Crippen LogP contribution in [0.2, 0.25) is 0 Å². The molecule has 0 heterocycles. The van der Waals surface area contributed by atoms with Crippen LogP contribution < -0.4 is 14.2 Å². The Morgan fingerprint density at radius 1 is 1.00 bits per heavy atom. The first kappa shape index (κ1) is 13.2. The second-order valence-corrected chi connectivity index (χ2v) is 3.55. The van der Waals surface area contributed by atoms with Crippen LogP contribution in [0.5, 0.6) is 17.2 Å². The molecular weight excluding hydrogens is 220 g/mol. The van der Waals surface area contributed by atoms with Gasteiger partial charge in [-0.1, -0.05) is 0 Å². The second kappa shape index (κ2) is 5.98. The summed E-state index contributed by atoms with van der Waals surface area (Å²) in [6.45, 7) is 0. The van der Waals surface area contributed by atoms with Crippen LogP contribution >= 0.6 is 0 Å². The Morgan fingerprint density at radius 3 is 1.88 bits per heavy atom. The summed E-state index contributed by atoms with van der Waals surface area (Å²) in [6, 6.07) is 3.68. The van der Waals surface area contributed by atoms with Crippen LogP contribution in [-0.2, 0) is 0 Å². The maximum atomic E-state index is 5.25. The molecule has 0 saturated heterocycles. The molecule has 5 nitrogen and oxygen atoms in total. The normalized spacial score (nSPS) is 10.4. The van der Waals surface area contributed by atoms with Crippen LogP contribution in [0.1, 0.15) is 5.56 Å². The summed E-state index contributed by atoms with van der Waals surface area (Å²) in [7, 11) is 8.46. The fraction of sp³-hybridized carbons (Fsp3) is 0.417. The van der Waals surface area contributed by atoms with E-state index in [2.05, 4.69) is 5.10 Å². The molecule has 0 aliphatic rings. The van der Waals surface area contributed by atoms with Gasteiger partial charge in [0.05, 0.1) is 27.5 Å². The minimum atomic E-state index is 0.581. The summed E-state index contributed by atoms with van der Waals surface area (Å²) in [4.78, 5) is 0. The number of nitrogens with zero attached hydrogens (tertiary/aromatic N) is 2. The lowest BCUT2D eigenvalue weighted by Crippen LogP contribution is -2.02. The van der Waals surface area contributed by atoms with Crippen LogP contribution in [0.15, 0.2) is 17.2 Å². The standard InChI is InChI=1S/C12H18N2O3/c1-14(2)13-8-9-6-10(15-3)12(17-5)11(7-9)16-4/h6-8H,1-5H3. The summed E-state index contributed by atoms with van der Waals surface area (Å²) >= 11 is 0. The average molecular weight is 238 g/mol. The van der Waals surface area contributed by atoms with Crippen LogP contribution in [0, 0.1) is 0 Å². The number of methoxy groups -OCH3 is 3. The predicted molar refractivity (Wildman–Crippen MR) is 67.4 cm³/mol. The van der Waals surface area contributed by atoms with Gasteiger partial charge in [0.1, 0.15) is 0 Å². The Balaban J connectivity index is 3.17. The van der Waals surface area contributed by atoms with Crippen molar-refractivity contribution in [2.45, 2.75) is 0 Å². The average Bonchev–Trinajstić information content (AvgIpc) is 2.34. The van der Waals surface area contributed by atoms with Gasteiger partial charge in [0.2, 0.25) is 5.75 Å². The van der Waals surface area contributed by atoms with Gasteiger partial charge in [-0.15, -0.1) is 0 Å². The van der Waals surface area contributed by atoms with E-state index in [4.69, 9.17) is 14.2 Å². The third kappa shape index (κ3) is 3.27. The maximum Gasteiger partial charge on any atom is 0.203 e. The van der Waals surface area contributed by atoms with Crippen molar-refractivity contribution in [3.8, 4) is 17.2 Å². The van der Waals surface area contributed by atoms with E-state index < -0.39 is 0 Å². The number of hydrogen-bond acceptors (Lipinski definition) is 5. The van der Waals surface area contributed by atoms with E-state index in [0.29, 0.717) is 17.2 Å². The molecule has 1 aromatic carbocycles. The maximum absolute atomic E-state index is 5.25. The molecule has 1 rings (SSSR count). The number of rotatable bonds is 5. The van der Waals surface area contributed by atoms with Gasteiger partial charge in [-0.25, -0.2) is 0 Å². The van der Waals surface area contributed by atoms with Gasteiger partial charge in [-0.2, -0.15) is 5.10 Å². The van der Waals surface area contributed by atoms with Crippen molar-refractivity contribution in [2.75, 3.05) is 35.4 Å². The van der Waals surface area contributed by atoms with Gasteiger partial charge < -0.3 is 19.2 Å². The topological polar surface area (TPSA) is 43.3 Å². The Morgan fingerprint density at radius 2 is 1.53 bits per heavy atom. The van der Waals surface area contributed by atoms with Gasteiger partial charge >= 0.3 is 0 Å². The quantitative estimate of drug-likeness (QED) is 0.577. The molecule has 0 saturated carbocycles. The molecule has 5 heteroatoms. The molecule has 17 heavy (non-hydrogen) atoms. The van der Waals surface area contributed by atoms with E-state index in [1.54, 1.807) is 32.6 Å². The molecule has 0 aliphatic carbocycles. The van der Waals surface area contributed by atoms with E-state index in [-0.39, 0.29) is 0 Å². The van der Waals surface area contributed by atoms with Crippen LogP contribution in [-0.4, -0.2) is 46.6 Å². The summed E-state index contributed by atoms with van der Waals surface area (Å²) < 4.78 is 15.7. The van der Waals surface area contributed by atoms with Crippen molar-refractivity contribution in [2.24, 2.45) is 5.10 Å². The van der Waals surface area contributed by atoms with Gasteiger partial charge in [-0.05, 0) is 12.1 Å². The van der Waals surface area contributed by atoms with E-state index in [1.165, 1.54) is 0 Å². The summed E-state index contributed by atoms with van der Waals surface area (Å²) in [6.07, 6.45) is 1.73. The highest BCUT2D eigenvalue weighted by atomic mass is 16.5. The number of hydrogen-bond donors (Lipinski definition) is 0. The Hall–Kier alpha value is -1.91. The van der Waals surface area contributed by atoms with E-state index in [1.807, 2.05) is 26.2 Å². The Bertz CT molecular complexity index is 378. The van der Waals surface area contributed by atoms with Crippen molar-refractivity contribution in [3.63, 3.8) is 0 Å². The Labute approximate surface area is 102 Å². The number of ether oxygens (including phenoxy) is 3. The first-order valence-electron chi connectivity index (χ1n) is 5.13. The molecule has 0 N–H and O–H groups in total. The third-order valence-electron chi connectivity index (χ3n) is 2.12. The predicted octanol–water partition coefficient (Wildman–Crippen LogP) is 1.61. The monoisotopic (exact) mass is 238 g/mol. The highest BCUT2D eigenvalue weighted by Crippen LogP contribution is 2.37. The van der Waals surface area contributed by atoms with Crippen molar-refractivity contribution < 1.29 is 14.2 Å². The molecule has 0 radical (unpaired) electrons. The van der Waals surface area contributed by atoms with E-state index in [0.717, 1.165) is 5.56 Å². The second-order valence-electron chi connectivity index (χ2n) is 3.55. The minimum Gasteiger partial charge on any atom is -0.493 e. The molecule has 1 aromatic rings. The molecule has 0 aromatic heterocycles. The Kier molecular flexibility index (Phi) is 4.63. The van der Waals surface area contributed by atoms with Crippen molar-refractivity contribution in [1.29, 1.82) is 0 Å². The van der Waals surface area contributed by atoms with Crippen molar-refractivity contribution in [1.82, 2.24) is 5.01 Å². The summed E-state index contributed by atoms with van der Waals surface area (Å²) in [5.41, 5.74) is 0.883. The summed E-state index contributed by atoms with van der Waals surface area (Å²) in [5, 5.41) is 5.87. The van der Waals surface area contributed by atoms with Crippen molar-refractivity contribution in [3.05, 3.63) is 17.7 Å². The molecule has 94 valence electrons. The zero-order valence-electron chi connectivity index (χ0n) is 10.9. The lowest BCUT2D eigenvalue weighted by atomic mass is 10.2. The smallest absolute Gasteiger partial charge is 0.203 e. The largest absolute Gasteiger partial charge is 0.493 e. The number of benzene rings is 1. The molecule has 0 spiro atoms. The summed E-state index contributed by atoms with van der Waals surface area (Å²) in [5.74, 6) is 1.82. The molecule has 0 fully saturated rings. The molecular formula is C12H18N2O3. The zero-order valence-corrected chi connectivity index (χ0v) is 10.9. The first-order valence-corrected chi connectivity index (χ1v) is 5.13. The van der Waals surface area contributed by atoms with Gasteiger partial charge in [0.15, 0.2) is 11.5 Å². The lowest BCUT2D eigenvalue weighted by Gasteiger charge is -2.12. The first-order chi connectivity index (χ1) is 8.12. The molecule has 0 aliphatic heterocycles. The highest BCUT2D eigenvalue weighted by Gasteiger charge is 2.12. The van der Waals surface area contributed by atoms with Crippen LogP contribution in [0.25, 0.3) is 0 Å². The highest BCUT2D eigenvalue weighted by molar-refractivity contribution is 5.82. The van der Waals surface area contributed by atoms with Crippen LogP contribution in [0.4, 0.5) is 0 Å². The molecule has 0 amide bonds. The lowest BCUT2D eigenvalue weighted by molar-refractivity contribution is 0.324. The SMILES string of the molecule is COc1cc(C=NN(C)C)cc(OC)c1OC. The van der Waals surface area contributed by atoms with Crippen molar-refractivity contribution >= 4 is 6.21 Å². The van der Waals surface area contributed by atoms with E-state index in [9.17, 15) is 0 Å². The van der Waals surface area contributed by atoms with E-state index >= 15 is 0 Å². The zero-order chi connectivity index (χ0) is 12.8. The third-order valence-corrected chi connectivity index (χ3v) is 2.12. The molecule has 0 atom stereocenters. The van der Waals surface area contributed by atoms with Crippen LogP contribution in [0.3, 0.4) is 0 Å². The number of hydrazone groups is 1. The van der Waals surface area contributed by atoms with Gasteiger partial charge in [0.25, 0.3) is 0 Å². The van der Waals surface area contributed by atoms with Gasteiger partial charge in [0, 0.05) is 19.7 Å². The fourth-order valence-corrected chi connectivity index (χ4v) is 1.36. The molecule has 0 bridgehead atoms. The van der Waals surface area contributed by atoms with Gasteiger partial charge in [-0.3, -0.25) is 0 Å². The minimum absolute atomic E-state index is 0.581.